The van der Waals surface area contributed by atoms with E-state index < -0.39 is 0 Å². The van der Waals surface area contributed by atoms with Gasteiger partial charge in [-0.15, -0.1) is 0 Å². The quantitative estimate of drug-likeness (QED) is 0.914. The Morgan fingerprint density at radius 3 is 2.95 bits per heavy atom. The molecule has 1 fully saturated rings. The van der Waals surface area contributed by atoms with Crippen LogP contribution >= 0.6 is 0 Å². The monoisotopic (exact) mass is 301 g/mol. The molecular weight excluding hydrogens is 282 g/mol. The van der Waals surface area contributed by atoms with Gasteiger partial charge in [0.1, 0.15) is 17.8 Å². The van der Waals surface area contributed by atoms with Gasteiger partial charge in [0.15, 0.2) is 0 Å². The highest BCUT2D eigenvalue weighted by atomic mass is 16.5. The fourth-order valence-electron chi connectivity index (χ4n) is 2.44. The van der Waals surface area contributed by atoms with Crippen molar-refractivity contribution in [1.82, 2.24) is 14.9 Å². The number of aromatic nitrogens is 2. The molecular formula is C16H19N3O3. The van der Waals surface area contributed by atoms with E-state index in [0.717, 1.165) is 30.9 Å². The van der Waals surface area contributed by atoms with Gasteiger partial charge in [0.05, 0.1) is 13.2 Å². The Kier molecular flexibility index (Phi) is 4.39. The first kappa shape index (κ1) is 14.6. The molecule has 1 aromatic heterocycles. The first-order chi connectivity index (χ1) is 10.8. The van der Waals surface area contributed by atoms with Crippen LogP contribution < -0.4 is 10.1 Å². The Morgan fingerprint density at radius 1 is 1.45 bits per heavy atom. The Balaban J connectivity index is 1.63. The average molecular weight is 301 g/mol. The highest BCUT2D eigenvalue weighted by molar-refractivity contribution is 5.92. The van der Waals surface area contributed by atoms with Crippen molar-refractivity contribution >= 4 is 5.91 Å². The van der Waals surface area contributed by atoms with Gasteiger partial charge in [-0.3, -0.25) is 4.79 Å². The summed E-state index contributed by atoms with van der Waals surface area (Å²) in [5.41, 5.74) is 1.32. The van der Waals surface area contributed by atoms with E-state index in [9.17, 15) is 4.79 Å². The molecule has 116 valence electrons. The fourth-order valence-corrected chi connectivity index (χ4v) is 2.44. The second kappa shape index (κ2) is 6.62. The zero-order valence-electron chi connectivity index (χ0n) is 12.5. The summed E-state index contributed by atoms with van der Waals surface area (Å²) in [6.07, 6.45) is 5.54. The van der Waals surface area contributed by atoms with Gasteiger partial charge in [-0.2, -0.15) is 0 Å². The van der Waals surface area contributed by atoms with Gasteiger partial charge in [-0.25, -0.2) is 4.98 Å². The van der Waals surface area contributed by atoms with Gasteiger partial charge in [-0.1, -0.05) is 0 Å². The van der Waals surface area contributed by atoms with Gasteiger partial charge in [0.2, 0.25) is 0 Å². The van der Waals surface area contributed by atoms with Crippen LogP contribution in [0, 0.1) is 0 Å². The molecule has 3 rings (SSSR count). The van der Waals surface area contributed by atoms with Crippen molar-refractivity contribution in [2.75, 3.05) is 20.3 Å². The predicted molar refractivity (Wildman–Crippen MR) is 81.4 cm³/mol. The lowest BCUT2D eigenvalue weighted by Crippen LogP contribution is -2.31. The predicted octanol–water partition coefficient (Wildman–Crippen LogP) is 1.79. The third kappa shape index (κ3) is 3.28. The molecule has 1 atom stereocenters. The SMILES string of the molecule is COc1ccc(-n2cnc(C(=O)NC[C@H]3CCCO3)c2)cc1. The molecule has 6 nitrogen and oxygen atoms in total. The summed E-state index contributed by atoms with van der Waals surface area (Å²) in [5, 5.41) is 2.86. The molecule has 1 aliphatic rings. The number of methoxy groups -OCH3 is 1. The van der Waals surface area contributed by atoms with Gasteiger partial charge in [0, 0.05) is 25.0 Å². The second-order valence-electron chi connectivity index (χ2n) is 5.21. The number of rotatable bonds is 5. The van der Waals surface area contributed by atoms with E-state index >= 15 is 0 Å². The van der Waals surface area contributed by atoms with E-state index in [1.165, 1.54) is 0 Å². The maximum absolute atomic E-state index is 12.1. The van der Waals surface area contributed by atoms with Crippen molar-refractivity contribution in [2.24, 2.45) is 0 Å². The van der Waals surface area contributed by atoms with E-state index in [0.29, 0.717) is 12.2 Å². The number of carbonyl (C=O) groups is 1. The fraction of sp³-hybridized carbons (Fsp3) is 0.375. The molecule has 1 saturated heterocycles. The van der Waals surface area contributed by atoms with Crippen LogP contribution in [0.2, 0.25) is 0 Å². The molecule has 0 bridgehead atoms. The Morgan fingerprint density at radius 2 is 2.27 bits per heavy atom. The average Bonchev–Trinajstić information content (AvgIpc) is 3.24. The summed E-state index contributed by atoms with van der Waals surface area (Å²) in [5.74, 6) is 0.612. The number of hydrogen-bond acceptors (Lipinski definition) is 4. The zero-order chi connectivity index (χ0) is 15.4. The third-order valence-electron chi connectivity index (χ3n) is 3.70. The summed E-state index contributed by atoms with van der Waals surface area (Å²) >= 11 is 0. The van der Waals surface area contributed by atoms with E-state index in [1.807, 2.05) is 24.3 Å². The summed E-state index contributed by atoms with van der Waals surface area (Å²) in [7, 11) is 1.63. The lowest BCUT2D eigenvalue weighted by atomic mass is 10.2. The summed E-state index contributed by atoms with van der Waals surface area (Å²) in [6.45, 7) is 1.32. The van der Waals surface area contributed by atoms with Crippen LogP contribution in [-0.2, 0) is 4.74 Å². The normalized spacial score (nSPS) is 17.4. The number of nitrogens with zero attached hydrogens (tertiary/aromatic N) is 2. The largest absolute Gasteiger partial charge is 0.497 e. The maximum atomic E-state index is 12.1. The molecule has 2 aromatic rings. The van der Waals surface area contributed by atoms with Crippen molar-refractivity contribution in [3.8, 4) is 11.4 Å². The van der Waals surface area contributed by atoms with Crippen molar-refractivity contribution < 1.29 is 14.3 Å². The Labute approximate surface area is 129 Å². The summed E-state index contributed by atoms with van der Waals surface area (Å²) in [6, 6.07) is 7.56. The number of hydrogen-bond donors (Lipinski definition) is 1. The minimum absolute atomic E-state index is 0.132. The highest BCUT2D eigenvalue weighted by Crippen LogP contribution is 2.15. The van der Waals surface area contributed by atoms with Crippen LogP contribution in [0.1, 0.15) is 23.3 Å². The van der Waals surface area contributed by atoms with Crippen molar-refractivity contribution in [1.29, 1.82) is 0 Å². The number of ether oxygens (including phenoxy) is 2. The van der Waals surface area contributed by atoms with Gasteiger partial charge >= 0.3 is 0 Å². The number of carbonyl (C=O) groups excluding carboxylic acids is 1. The van der Waals surface area contributed by atoms with Crippen LogP contribution in [0.4, 0.5) is 0 Å². The molecule has 1 aliphatic heterocycles. The summed E-state index contributed by atoms with van der Waals surface area (Å²) < 4.78 is 12.4. The summed E-state index contributed by atoms with van der Waals surface area (Å²) in [4.78, 5) is 16.2. The smallest absolute Gasteiger partial charge is 0.271 e. The number of imidazole rings is 1. The lowest BCUT2D eigenvalue weighted by molar-refractivity contribution is 0.0854. The molecule has 1 aromatic carbocycles. The molecule has 22 heavy (non-hydrogen) atoms. The van der Waals surface area contributed by atoms with Gasteiger partial charge in [0.25, 0.3) is 5.91 Å². The van der Waals surface area contributed by atoms with Crippen molar-refractivity contribution in [3.63, 3.8) is 0 Å². The molecule has 1 amide bonds. The van der Waals surface area contributed by atoms with E-state index in [-0.39, 0.29) is 12.0 Å². The number of nitrogens with one attached hydrogen (secondary N) is 1. The third-order valence-corrected chi connectivity index (χ3v) is 3.70. The lowest BCUT2D eigenvalue weighted by Gasteiger charge is -2.09. The Hall–Kier alpha value is -2.34. The molecule has 0 unspecified atom stereocenters. The van der Waals surface area contributed by atoms with Crippen molar-refractivity contribution in [2.45, 2.75) is 18.9 Å². The zero-order valence-corrected chi connectivity index (χ0v) is 12.5. The van der Waals surface area contributed by atoms with Gasteiger partial charge in [-0.05, 0) is 37.1 Å². The first-order valence-electron chi connectivity index (χ1n) is 7.34. The van der Waals surface area contributed by atoms with Crippen LogP contribution in [0.15, 0.2) is 36.8 Å². The van der Waals surface area contributed by atoms with E-state index in [4.69, 9.17) is 9.47 Å². The van der Waals surface area contributed by atoms with Crippen LogP contribution in [-0.4, -0.2) is 41.8 Å². The van der Waals surface area contributed by atoms with E-state index in [1.54, 1.807) is 24.2 Å². The highest BCUT2D eigenvalue weighted by Gasteiger charge is 2.17. The van der Waals surface area contributed by atoms with Crippen LogP contribution in [0.5, 0.6) is 5.75 Å². The molecule has 0 saturated carbocycles. The first-order valence-corrected chi connectivity index (χ1v) is 7.34. The van der Waals surface area contributed by atoms with Gasteiger partial charge < -0.3 is 19.4 Å². The number of benzene rings is 1. The molecule has 2 heterocycles. The minimum Gasteiger partial charge on any atom is -0.497 e. The number of amides is 1. The molecule has 6 heteroatoms. The van der Waals surface area contributed by atoms with Crippen LogP contribution in [0.25, 0.3) is 5.69 Å². The molecule has 1 N–H and O–H groups in total. The molecule has 0 aliphatic carbocycles. The molecule has 0 spiro atoms. The minimum atomic E-state index is -0.178. The standard InChI is InChI=1S/C16H19N3O3/c1-21-13-6-4-12(5-7-13)19-10-15(18-11-19)16(20)17-9-14-3-2-8-22-14/h4-7,10-11,14H,2-3,8-9H2,1H3,(H,17,20)/t14-/m1/s1. The Bertz CT molecular complexity index is 630. The van der Waals surface area contributed by atoms with Crippen LogP contribution in [0.3, 0.4) is 0 Å². The topological polar surface area (TPSA) is 65.4 Å². The maximum Gasteiger partial charge on any atom is 0.271 e. The van der Waals surface area contributed by atoms with Crippen molar-refractivity contribution in [3.05, 3.63) is 42.5 Å². The second-order valence-corrected chi connectivity index (χ2v) is 5.21. The van der Waals surface area contributed by atoms with E-state index in [2.05, 4.69) is 10.3 Å². The molecule has 0 radical (unpaired) electrons.